The zero-order chi connectivity index (χ0) is 17.8. The van der Waals surface area contributed by atoms with Crippen LogP contribution in [0.5, 0.6) is 5.75 Å². The molecule has 3 rings (SSSR count). The van der Waals surface area contributed by atoms with Crippen LogP contribution in [0.3, 0.4) is 0 Å². The molecule has 1 amide bonds. The van der Waals surface area contributed by atoms with Crippen molar-refractivity contribution in [3.8, 4) is 5.75 Å². The Morgan fingerprint density at radius 3 is 2.92 bits per heavy atom. The topological polar surface area (TPSA) is 69.0 Å². The first-order valence-electron chi connectivity index (χ1n) is 7.36. The molecule has 0 aliphatic heterocycles. The summed E-state index contributed by atoms with van der Waals surface area (Å²) in [4.78, 5) is 16.3. The first kappa shape index (κ1) is 17.4. The van der Waals surface area contributed by atoms with Crippen LogP contribution in [0, 0.1) is 6.92 Å². The average molecular weight is 422 g/mol. The number of aryl methyl sites for hydroxylation is 1. The molecule has 1 N–H and O–H groups in total. The van der Waals surface area contributed by atoms with Crippen LogP contribution < -0.4 is 10.1 Å². The molecule has 0 spiro atoms. The van der Waals surface area contributed by atoms with E-state index in [2.05, 4.69) is 31.3 Å². The van der Waals surface area contributed by atoms with Crippen molar-refractivity contribution in [3.63, 3.8) is 0 Å². The smallest absolute Gasteiger partial charge is 0.277 e. The number of hydrogen-bond donors (Lipinski definition) is 1. The third-order valence-corrected chi connectivity index (χ3v) is 4.07. The summed E-state index contributed by atoms with van der Waals surface area (Å²) in [6.07, 6.45) is 3.30. The fourth-order valence-corrected chi connectivity index (χ4v) is 2.80. The van der Waals surface area contributed by atoms with Crippen molar-refractivity contribution in [2.24, 2.45) is 0 Å². The van der Waals surface area contributed by atoms with Gasteiger partial charge in [0.15, 0.2) is 12.4 Å². The Morgan fingerprint density at radius 1 is 1.32 bits per heavy atom. The van der Waals surface area contributed by atoms with Crippen LogP contribution in [0.1, 0.15) is 16.1 Å². The second-order valence-corrected chi connectivity index (χ2v) is 6.58. The molecule has 2 aromatic heterocycles. The van der Waals surface area contributed by atoms with Gasteiger partial charge in [0, 0.05) is 16.9 Å². The third-order valence-electron chi connectivity index (χ3n) is 3.28. The van der Waals surface area contributed by atoms with Crippen molar-refractivity contribution in [3.05, 3.63) is 69.5 Å². The summed E-state index contributed by atoms with van der Waals surface area (Å²) >= 11 is 9.43. The van der Waals surface area contributed by atoms with Gasteiger partial charge in [0.05, 0.1) is 5.02 Å². The summed E-state index contributed by atoms with van der Waals surface area (Å²) in [6, 6.07) is 10.6. The van der Waals surface area contributed by atoms with Crippen LogP contribution in [0.4, 0.5) is 5.82 Å². The van der Waals surface area contributed by atoms with E-state index in [0.717, 1.165) is 10.0 Å². The minimum absolute atomic E-state index is 0.136. The van der Waals surface area contributed by atoms with Gasteiger partial charge in [0.2, 0.25) is 0 Å². The molecule has 0 unspecified atom stereocenters. The van der Waals surface area contributed by atoms with Gasteiger partial charge in [-0.25, -0.2) is 9.67 Å². The number of halogens is 2. The molecule has 3 aromatic rings. The molecule has 0 saturated carbocycles. The predicted molar refractivity (Wildman–Crippen MR) is 98.9 cm³/mol. The maximum absolute atomic E-state index is 12.2. The van der Waals surface area contributed by atoms with Crippen molar-refractivity contribution >= 4 is 39.3 Å². The van der Waals surface area contributed by atoms with Crippen LogP contribution in [-0.4, -0.2) is 20.7 Å². The summed E-state index contributed by atoms with van der Waals surface area (Å²) in [5, 5.41) is 7.39. The lowest BCUT2D eigenvalue weighted by atomic mass is 10.3. The van der Waals surface area contributed by atoms with E-state index < -0.39 is 0 Å². The van der Waals surface area contributed by atoms with Crippen LogP contribution in [0.2, 0.25) is 5.02 Å². The second kappa shape index (κ2) is 7.67. The SMILES string of the molecule is Cc1ccnc(NC(=O)c2ccn(COc3ccc(Br)cc3Cl)n2)c1. The summed E-state index contributed by atoms with van der Waals surface area (Å²) in [5.41, 5.74) is 1.28. The standard InChI is InChI=1S/C17H14BrClN4O2/c1-11-4-6-20-16(8-11)21-17(24)14-5-7-23(22-14)10-25-15-3-2-12(18)9-13(15)19/h2-9H,10H2,1H3,(H,20,21,24). The van der Waals surface area contributed by atoms with Gasteiger partial charge in [-0.05, 0) is 48.9 Å². The maximum Gasteiger partial charge on any atom is 0.277 e. The number of hydrogen-bond acceptors (Lipinski definition) is 4. The quantitative estimate of drug-likeness (QED) is 0.667. The van der Waals surface area contributed by atoms with E-state index in [9.17, 15) is 4.79 Å². The number of carbonyl (C=O) groups excluding carboxylic acids is 1. The van der Waals surface area contributed by atoms with E-state index >= 15 is 0 Å². The molecular weight excluding hydrogens is 408 g/mol. The van der Waals surface area contributed by atoms with Gasteiger partial charge in [0.1, 0.15) is 11.6 Å². The van der Waals surface area contributed by atoms with E-state index in [1.165, 1.54) is 4.68 Å². The monoisotopic (exact) mass is 420 g/mol. The number of anilines is 1. The van der Waals surface area contributed by atoms with Gasteiger partial charge in [-0.2, -0.15) is 5.10 Å². The van der Waals surface area contributed by atoms with Crippen molar-refractivity contribution < 1.29 is 9.53 Å². The molecule has 0 fully saturated rings. The fraction of sp³-hybridized carbons (Fsp3) is 0.118. The van der Waals surface area contributed by atoms with Gasteiger partial charge in [-0.3, -0.25) is 4.79 Å². The van der Waals surface area contributed by atoms with Crippen molar-refractivity contribution in [2.45, 2.75) is 13.7 Å². The zero-order valence-electron chi connectivity index (χ0n) is 13.2. The summed E-state index contributed by atoms with van der Waals surface area (Å²) in [7, 11) is 0. The minimum atomic E-state index is -0.335. The van der Waals surface area contributed by atoms with Gasteiger partial charge in [0.25, 0.3) is 5.91 Å². The fourth-order valence-electron chi connectivity index (χ4n) is 2.07. The van der Waals surface area contributed by atoms with Gasteiger partial charge in [-0.15, -0.1) is 0 Å². The Labute approximate surface area is 157 Å². The Bertz CT molecular complexity index is 913. The number of ether oxygens (including phenoxy) is 1. The van der Waals surface area contributed by atoms with Gasteiger partial charge < -0.3 is 10.1 Å². The number of nitrogens with zero attached hydrogens (tertiary/aromatic N) is 3. The number of nitrogens with one attached hydrogen (secondary N) is 1. The van der Waals surface area contributed by atoms with Gasteiger partial charge >= 0.3 is 0 Å². The van der Waals surface area contributed by atoms with E-state index in [1.54, 1.807) is 36.7 Å². The average Bonchev–Trinajstić information content (AvgIpc) is 3.03. The number of carbonyl (C=O) groups is 1. The highest BCUT2D eigenvalue weighted by atomic mass is 79.9. The van der Waals surface area contributed by atoms with E-state index in [0.29, 0.717) is 16.6 Å². The highest BCUT2D eigenvalue weighted by Gasteiger charge is 2.11. The van der Waals surface area contributed by atoms with Crippen LogP contribution >= 0.6 is 27.5 Å². The molecule has 8 heteroatoms. The van der Waals surface area contributed by atoms with E-state index in [1.807, 2.05) is 19.1 Å². The number of benzene rings is 1. The maximum atomic E-state index is 12.2. The number of aromatic nitrogens is 3. The predicted octanol–water partition coefficient (Wildman–Crippen LogP) is 4.29. The number of pyridine rings is 1. The molecular formula is C17H14BrClN4O2. The Hall–Kier alpha value is -2.38. The summed E-state index contributed by atoms with van der Waals surface area (Å²) in [5.74, 6) is 0.686. The highest BCUT2D eigenvalue weighted by molar-refractivity contribution is 9.10. The molecule has 0 radical (unpaired) electrons. The normalized spacial score (nSPS) is 10.5. The molecule has 0 aliphatic rings. The molecule has 0 atom stereocenters. The van der Waals surface area contributed by atoms with Crippen LogP contribution in [0.25, 0.3) is 0 Å². The van der Waals surface area contributed by atoms with Gasteiger partial charge in [-0.1, -0.05) is 27.5 Å². The molecule has 6 nitrogen and oxygen atoms in total. The molecule has 0 aliphatic carbocycles. The Balaban J connectivity index is 1.62. The third kappa shape index (κ3) is 4.58. The highest BCUT2D eigenvalue weighted by Crippen LogP contribution is 2.27. The van der Waals surface area contributed by atoms with Crippen molar-refractivity contribution in [1.82, 2.24) is 14.8 Å². The Morgan fingerprint density at radius 2 is 2.16 bits per heavy atom. The molecule has 0 bridgehead atoms. The molecule has 25 heavy (non-hydrogen) atoms. The first-order chi connectivity index (χ1) is 12.0. The molecule has 128 valence electrons. The Kier molecular flexibility index (Phi) is 5.35. The lowest BCUT2D eigenvalue weighted by Gasteiger charge is -2.08. The van der Waals surface area contributed by atoms with E-state index in [4.69, 9.17) is 16.3 Å². The lowest BCUT2D eigenvalue weighted by Crippen LogP contribution is -2.15. The second-order valence-electron chi connectivity index (χ2n) is 5.26. The summed E-state index contributed by atoms with van der Waals surface area (Å²) < 4.78 is 7.99. The molecule has 1 aromatic carbocycles. The first-order valence-corrected chi connectivity index (χ1v) is 8.54. The lowest BCUT2D eigenvalue weighted by molar-refractivity contribution is 0.102. The largest absolute Gasteiger partial charge is 0.470 e. The van der Waals surface area contributed by atoms with Crippen LogP contribution in [-0.2, 0) is 6.73 Å². The molecule has 0 saturated heterocycles. The molecule has 2 heterocycles. The number of rotatable bonds is 5. The van der Waals surface area contributed by atoms with E-state index in [-0.39, 0.29) is 18.3 Å². The minimum Gasteiger partial charge on any atom is -0.470 e. The zero-order valence-corrected chi connectivity index (χ0v) is 15.6. The summed E-state index contributed by atoms with van der Waals surface area (Å²) in [6.45, 7) is 2.06. The van der Waals surface area contributed by atoms with Crippen molar-refractivity contribution in [1.29, 1.82) is 0 Å². The number of amides is 1. The van der Waals surface area contributed by atoms with Crippen LogP contribution in [0.15, 0.2) is 53.3 Å². The van der Waals surface area contributed by atoms with Crippen molar-refractivity contribution in [2.75, 3.05) is 5.32 Å².